The third-order valence-electron chi connectivity index (χ3n) is 3.93. The van der Waals surface area contributed by atoms with E-state index in [9.17, 15) is 9.59 Å². The topological polar surface area (TPSA) is 85.3 Å². The molecule has 1 fully saturated rings. The Morgan fingerprint density at radius 1 is 1.36 bits per heavy atom. The van der Waals surface area contributed by atoms with Gasteiger partial charge in [-0.15, -0.1) is 0 Å². The van der Waals surface area contributed by atoms with Crippen molar-refractivity contribution in [2.45, 2.75) is 32.1 Å². The average molecular weight is 308 g/mol. The molecule has 0 radical (unpaired) electrons. The Bertz CT molecular complexity index is 521. The zero-order valence-corrected chi connectivity index (χ0v) is 13.2. The van der Waals surface area contributed by atoms with E-state index >= 15 is 0 Å². The minimum atomic E-state index is -0.272. The molecule has 7 nitrogen and oxygen atoms in total. The molecule has 0 bridgehead atoms. The molecule has 0 unspecified atom stereocenters. The van der Waals surface area contributed by atoms with Crippen LogP contribution in [0.4, 0.5) is 5.82 Å². The Morgan fingerprint density at radius 3 is 2.77 bits per heavy atom. The van der Waals surface area contributed by atoms with E-state index in [4.69, 9.17) is 4.74 Å². The maximum Gasteiger partial charge on any atom is 0.271 e. The Kier molecular flexibility index (Phi) is 5.94. The number of ether oxygens (including phenoxy) is 1. The van der Waals surface area contributed by atoms with E-state index in [0.717, 1.165) is 25.7 Å². The van der Waals surface area contributed by atoms with Gasteiger partial charge < -0.3 is 15.4 Å². The van der Waals surface area contributed by atoms with Crippen molar-refractivity contribution in [3.63, 3.8) is 0 Å². The van der Waals surface area contributed by atoms with Crippen LogP contribution >= 0.6 is 0 Å². The van der Waals surface area contributed by atoms with Gasteiger partial charge in [0.25, 0.3) is 5.91 Å². The fraction of sp³-hybridized carbons (Fsp3) is 0.667. The predicted molar refractivity (Wildman–Crippen MR) is 82.6 cm³/mol. The van der Waals surface area contributed by atoms with Crippen molar-refractivity contribution in [3.8, 4) is 0 Å². The second-order valence-corrected chi connectivity index (χ2v) is 5.61. The maximum absolute atomic E-state index is 12.2. The van der Waals surface area contributed by atoms with Gasteiger partial charge in [0.15, 0.2) is 5.69 Å². The summed E-state index contributed by atoms with van der Waals surface area (Å²) in [6, 6.07) is 1.60. The van der Waals surface area contributed by atoms with Crippen LogP contribution in [-0.4, -0.2) is 41.9 Å². The summed E-state index contributed by atoms with van der Waals surface area (Å²) in [5, 5.41) is 9.72. The standard InChI is InChI=1S/C15H24N4O3/c1-19-13(17-14(20)11-6-4-3-5-7-11)10-12(18-19)15(21)16-8-9-22-2/h10-11H,3-9H2,1-2H3,(H,16,21)(H,17,20). The molecule has 1 saturated carbocycles. The summed E-state index contributed by atoms with van der Waals surface area (Å²) in [5.41, 5.74) is 0.289. The van der Waals surface area contributed by atoms with Gasteiger partial charge in [-0.1, -0.05) is 19.3 Å². The monoisotopic (exact) mass is 308 g/mol. The van der Waals surface area contributed by atoms with Gasteiger partial charge in [-0.25, -0.2) is 0 Å². The number of anilines is 1. The van der Waals surface area contributed by atoms with Crippen LogP contribution in [0.3, 0.4) is 0 Å². The highest BCUT2D eigenvalue weighted by Crippen LogP contribution is 2.25. The number of hydrogen-bond acceptors (Lipinski definition) is 4. The molecule has 2 amide bonds. The van der Waals surface area contributed by atoms with E-state index in [1.165, 1.54) is 11.1 Å². The van der Waals surface area contributed by atoms with Crippen molar-refractivity contribution < 1.29 is 14.3 Å². The molecule has 7 heteroatoms. The molecular weight excluding hydrogens is 284 g/mol. The number of methoxy groups -OCH3 is 1. The lowest BCUT2D eigenvalue weighted by Crippen LogP contribution is -2.27. The first-order valence-electron chi connectivity index (χ1n) is 7.74. The first-order valence-corrected chi connectivity index (χ1v) is 7.74. The van der Waals surface area contributed by atoms with E-state index in [0.29, 0.717) is 19.0 Å². The van der Waals surface area contributed by atoms with Gasteiger partial charge in [-0.3, -0.25) is 14.3 Å². The van der Waals surface area contributed by atoms with Crippen LogP contribution in [0.5, 0.6) is 0 Å². The minimum Gasteiger partial charge on any atom is -0.383 e. The molecular formula is C15H24N4O3. The second kappa shape index (κ2) is 7.93. The first-order chi connectivity index (χ1) is 10.6. The molecule has 1 heterocycles. The van der Waals surface area contributed by atoms with Crippen LogP contribution in [-0.2, 0) is 16.6 Å². The Labute approximate surface area is 130 Å². The smallest absolute Gasteiger partial charge is 0.271 e. The van der Waals surface area contributed by atoms with Gasteiger partial charge >= 0.3 is 0 Å². The van der Waals surface area contributed by atoms with Gasteiger partial charge in [0.05, 0.1) is 6.61 Å². The zero-order valence-electron chi connectivity index (χ0n) is 13.2. The van der Waals surface area contributed by atoms with Gasteiger partial charge in [0.1, 0.15) is 5.82 Å². The van der Waals surface area contributed by atoms with Crippen molar-refractivity contribution in [2.24, 2.45) is 13.0 Å². The van der Waals surface area contributed by atoms with E-state index in [2.05, 4.69) is 15.7 Å². The molecule has 1 aliphatic rings. The molecule has 1 aromatic rings. The fourth-order valence-electron chi connectivity index (χ4n) is 2.65. The van der Waals surface area contributed by atoms with E-state index in [1.54, 1.807) is 20.2 Å². The second-order valence-electron chi connectivity index (χ2n) is 5.61. The molecule has 0 aromatic carbocycles. The third kappa shape index (κ3) is 4.30. The summed E-state index contributed by atoms with van der Waals surface area (Å²) in [6.45, 7) is 0.875. The summed E-state index contributed by atoms with van der Waals surface area (Å²) >= 11 is 0. The highest BCUT2D eigenvalue weighted by atomic mass is 16.5. The highest BCUT2D eigenvalue weighted by Gasteiger charge is 2.22. The van der Waals surface area contributed by atoms with Gasteiger partial charge in [0.2, 0.25) is 5.91 Å². The van der Waals surface area contributed by atoms with Gasteiger partial charge in [-0.2, -0.15) is 5.10 Å². The fourth-order valence-corrected chi connectivity index (χ4v) is 2.65. The number of hydrogen-bond donors (Lipinski definition) is 2. The normalized spacial score (nSPS) is 15.5. The zero-order chi connectivity index (χ0) is 15.9. The third-order valence-corrected chi connectivity index (χ3v) is 3.93. The number of nitrogens with zero attached hydrogens (tertiary/aromatic N) is 2. The number of carbonyl (C=O) groups is 2. The SMILES string of the molecule is COCCNC(=O)c1cc(NC(=O)C2CCCCC2)n(C)n1. The van der Waals surface area contributed by atoms with E-state index < -0.39 is 0 Å². The number of amides is 2. The molecule has 0 atom stereocenters. The molecule has 0 spiro atoms. The Balaban J connectivity index is 1.94. The lowest BCUT2D eigenvalue weighted by Gasteiger charge is -2.20. The van der Waals surface area contributed by atoms with Crippen molar-refractivity contribution in [2.75, 3.05) is 25.6 Å². The van der Waals surface area contributed by atoms with Gasteiger partial charge in [0, 0.05) is 32.7 Å². The van der Waals surface area contributed by atoms with E-state index in [1.807, 2.05) is 0 Å². The summed E-state index contributed by atoms with van der Waals surface area (Å²) in [5.74, 6) is 0.370. The number of rotatable bonds is 6. The quantitative estimate of drug-likeness (QED) is 0.776. The first kappa shape index (κ1) is 16.5. The maximum atomic E-state index is 12.2. The molecule has 0 saturated heterocycles. The molecule has 0 aliphatic heterocycles. The van der Waals surface area contributed by atoms with Gasteiger partial charge in [-0.05, 0) is 12.8 Å². The summed E-state index contributed by atoms with van der Waals surface area (Å²) in [4.78, 5) is 24.2. The molecule has 122 valence electrons. The van der Waals surface area contributed by atoms with Crippen molar-refractivity contribution >= 4 is 17.6 Å². The molecule has 22 heavy (non-hydrogen) atoms. The van der Waals surface area contributed by atoms with Crippen molar-refractivity contribution in [3.05, 3.63) is 11.8 Å². The number of nitrogens with one attached hydrogen (secondary N) is 2. The number of aromatic nitrogens is 2. The van der Waals surface area contributed by atoms with Crippen LogP contribution in [0.2, 0.25) is 0 Å². The summed E-state index contributed by atoms with van der Waals surface area (Å²) in [7, 11) is 3.29. The highest BCUT2D eigenvalue weighted by molar-refractivity contribution is 5.96. The molecule has 2 rings (SSSR count). The molecule has 2 N–H and O–H groups in total. The van der Waals surface area contributed by atoms with Crippen LogP contribution < -0.4 is 10.6 Å². The van der Waals surface area contributed by atoms with Crippen LogP contribution in [0.25, 0.3) is 0 Å². The molecule has 1 aliphatic carbocycles. The largest absolute Gasteiger partial charge is 0.383 e. The molecule has 1 aromatic heterocycles. The van der Waals surface area contributed by atoms with Crippen LogP contribution in [0.15, 0.2) is 6.07 Å². The summed E-state index contributed by atoms with van der Waals surface area (Å²) < 4.78 is 6.40. The number of carbonyl (C=O) groups excluding carboxylic acids is 2. The average Bonchev–Trinajstić information content (AvgIpc) is 2.89. The Morgan fingerprint density at radius 2 is 2.09 bits per heavy atom. The lowest BCUT2D eigenvalue weighted by atomic mass is 9.89. The van der Waals surface area contributed by atoms with Crippen LogP contribution in [0, 0.1) is 5.92 Å². The Hall–Kier alpha value is -1.89. The summed E-state index contributed by atoms with van der Waals surface area (Å²) in [6.07, 6.45) is 5.30. The predicted octanol–water partition coefficient (Wildman–Crippen LogP) is 1.32. The van der Waals surface area contributed by atoms with Crippen molar-refractivity contribution in [1.82, 2.24) is 15.1 Å². The van der Waals surface area contributed by atoms with Crippen LogP contribution in [0.1, 0.15) is 42.6 Å². The van der Waals surface area contributed by atoms with E-state index in [-0.39, 0.29) is 23.4 Å². The number of aryl methyl sites for hydroxylation is 1. The van der Waals surface area contributed by atoms with Crippen molar-refractivity contribution in [1.29, 1.82) is 0 Å². The lowest BCUT2D eigenvalue weighted by molar-refractivity contribution is -0.120. The minimum absolute atomic E-state index is 0.0223.